The summed E-state index contributed by atoms with van der Waals surface area (Å²) in [6.45, 7) is 0.496. The molecule has 0 spiro atoms. The van der Waals surface area contributed by atoms with Crippen molar-refractivity contribution in [3.63, 3.8) is 0 Å². The Kier molecular flexibility index (Phi) is 3.80. The van der Waals surface area contributed by atoms with Gasteiger partial charge in [0.1, 0.15) is 0 Å². The summed E-state index contributed by atoms with van der Waals surface area (Å²) in [6, 6.07) is 11.2. The van der Waals surface area contributed by atoms with Crippen molar-refractivity contribution in [1.29, 1.82) is 0 Å². The maximum atomic E-state index is 13.2. The molecule has 0 unspecified atom stereocenters. The Morgan fingerprint density at radius 3 is 2.64 bits per heavy atom. The zero-order chi connectivity index (χ0) is 17.4. The van der Waals surface area contributed by atoms with Gasteiger partial charge >= 0.3 is 0 Å². The van der Waals surface area contributed by atoms with Crippen LogP contribution < -0.4 is 5.56 Å². The highest BCUT2D eigenvalue weighted by atomic mass is 16.2. The molecule has 2 heterocycles. The normalized spacial score (nSPS) is 13.8. The molecule has 1 saturated carbocycles. The third kappa shape index (κ3) is 2.91. The summed E-state index contributed by atoms with van der Waals surface area (Å²) in [5.74, 6) is -0.141. The largest absolute Gasteiger partial charge is 0.330 e. The lowest BCUT2D eigenvalue weighted by molar-refractivity contribution is 0.0723. The number of nitrogens with zero attached hydrogens (tertiary/aromatic N) is 4. The molecule has 0 bridgehead atoms. The van der Waals surface area contributed by atoms with Crippen molar-refractivity contribution in [1.82, 2.24) is 19.7 Å². The summed E-state index contributed by atoms with van der Waals surface area (Å²) in [5.41, 5.74) is 1.11. The van der Waals surface area contributed by atoms with Gasteiger partial charge in [-0.15, -0.1) is 0 Å². The van der Waals surface area contributed by atoms with Crippen LogP contribution >= 0.6 is 0 Å². The minimum Gasteiger partial charge on any atom is -0.330 e. The topological polar surface area (TPSA) is 68.1 Å². The van der Waals surface area contributed by atoms with Gasteiger partial charge in [-0.05, 0) is 30.5 Å². The number of carbonyl (C=O) groups is 1. The molecule has 2 aromatic heterocycles. The predicted octanol–water partition coefficient (Wildman–Crippen LogP) is 2.13. The van der Waals surface area contributed by atoms with Crippen LogP contribution in [0.2, 0.25) is 0 Å². The van der Waals surface area contributed by atoms with Crippen molar-refractivity contribution in [3.05, 3.63) is 70.4 Å². The Balaban J connectivity index is 1.77. The molecule has 1 aromatic carbocycles. The zero-order valence-electron chi connectivity index (χ0n) is 13.9. The Bertz CT molecular complexity index is 993. The number of fused-ring (bicyclic) bond motifs is 1. The highest BCUT2D eigenvalue weighted by Crippen LogP contribution is 2.30. The molecule has 1 amide bonds. The first-order valence-corrected chi connectivity index (χ1v) is 8.31. The number of hydrogen-bond donors (Lipinski definition) is 0. The third-order valence-electron chi connectivity index (χ3n) is 4.48. The number of aromatic nitrogens is 3. The molecule has 0 radical (unpaired) electrons. The van der Waals surface area contributed by atoms with E-state index in [9.17, 15) is 9.59 Å². The fourth-order valence-electron chi connectivity index (χ4n) is 3.03. The predicted molar refractivity (Wildman–Crippen MR) is 94.1 cm³/mol. The van der Waals surface area contributed by atoms with E-state index in [2.05, 4.69) is 10.1 Å². The highest BCUT2D eigenvalue weighted by Gasteiger charge is 2.34. The highest BCUT2D eigenvalue weighted by molar-refractivity contribution is 6.05. The van der Waals surface area contributed by atoms with Gasteiger partial charge in [-0.3, -0.25) is 14.6 Å². The quantitative estimate of drug-likeness (QED) is 0.733. The van der Waals surface area contributed by atoms with Crippen LogP contribution in [0.25, 0.3) is 10.8 Å². The number of benzene rings is 1. The van der Waals surface area contributed by atoms with Crippen LogP contribution in [0.3, 0.4) is 0 Å². The minimum atomic E-state index is -0.197. The summed E-state index contributed by atoms with van der Waals surface area (Å²) in [5, 5.41) is 5.39. The molecule has 0 N–H and O–H groups in total. The molecule has 0 atom stereocenters. The second-order valence-electron chi connectivity index (χ2n) is 6.35. The van der Waals surface area contributed by atoms with E-state index >= 15 is 0 Å². The Labute approximate surface area is 144 Å². The lowest BCUT2D eigenvalue weighted by atomic mass is 10.1. The average Bonchev–Trinajstić information content (AvgIpc) is 3.48. The molecular formula is C19H18N4O2. The fraction of sp³-hybridized carbons (Fsp3) is 0.263. The molecule has 6 heteroatoms. The van der Waals surface area contributed by atoms with E-state index in [1.807, 2.05) is 23.1 Å². The van der Waals surface area contributed by atoms with Crippen molar-refractivity contribution < 1.29 is 4.79 Å². The SMILES string of the molecule is Cn1nc(C(=O)N(Cc2cccnc2)C2CC2)c2ccccc2c1=O. The van der Waals surface area contributed by atoms with Crippen molar-refractivity contribution in [2.24, 2.45) is 7.05 Å². The molecule has 25 heavy (non-hydrogen) atoms. The van der Waals surface area contributed by atoms with Gasteiger partial charge in [0.2, 0.25) is 0 Å². The average molecular weight is 334 g/mol. The van der Waals surface area contributed by atoms with E-state index in [0.29, 0.717) is 23.0 Å². The number of pyridine rings is 1. The number of carbonyl (C=O) groups excluding carboxylic acids is 1. The first kappa shape index (κ1) is 15.5. The minimum absolute atomic E-state index is 0.141. The van der Waals surface area contributed by atoms with Crippen LogP contribution in [0.5, 0.6) is 0 Å². The van der Waals surface area contributed by atoms with Crippen LogP contribution in [0.15, 0.2) is 53.6 Å². The third-order valence-corrected chi connectivity index (χ3v) is 4.48. The Morgan fingerprint density at radius 2 is 1.96 bits per heavy atom. The number of rotatable bonds is 4. The van der Waals surface area contributed by atoms with Crippen LogP contribution in [0.4, 0.5) is 0 Å². The van der Waals surface area contributed by atoms with Crippen LogP contribution in [0, 0.1) is 0 Å². The fourth-order valence-corrected chi connectivity index (χ4v) is 3.03. The van der Waals surface area contributed by atoms with E-state index in [0.717, 1.165) is 18.4 Å². The van der Waals surface area contributed by atoms with Crippen molar-refractivity contribution in [3.8, 4) is 0 Å². The summed E-state index contributed by atoms with van der Waals surface area (Å²) < 4.78 is 1.24. The van der Waals surface area contributed by atoms with Gasteiger partial charge in [-0.2, -0.15) is 5.10 Å². The number of amides is 1. The number of hydrogen-bond acceptors (Lipinski definition) is 4. The molecule has 4 rings (SSSR count). The second kappa shape index (κ2) is 6.12. The van der Waals surface area contributed by atoms with E-state index in [-0.39, 0.29) is 17.5 Å². The van der Waals surface area contributed by atoms with Gasteiger partial charge in [0.05, 0.1) is 5.39 Å². The molecule has 3 aromatic rings. The van der Waals surface area contributed by atoms with Gasteiger partial charge < -0.3 is 4.90 Å². The van der Waals surface area contributed by atoms with Gasteiger partial charge in [-0.25, -0.2) is 4.68 Å². The van der Waals surface area contributed by atoms with Gasteiger partial charge in [0, 0.05) is 37.4 Å². The summed E-state index contributed by atoms with van der Waals surface area (Å²) in [7, 11) is 1.58. The summed E-state index contributed by atoms with van der Waals surface area (Å²) >= 11 is 0. The first-order valence-electron chi connectivity index (χ1n) is 8.31. The van der Waals surface area contributed by atoms with Gasteiger partial charge in [-0.1, -0.05) is 24.3 Å². The number of aryl methyl sites for hydroxylation is 1. The zero-order valence-corrected chi connectivity index (χ0v) is 13.9. The van der Waals surface area contributed by atoms with Gasteiger partial charge in [0.15, 0.2) is 5.69 Å². The lowest BCUT2D eigenvalue weighted by Crippen LogP contribution is -2.35. The molecule has 1 fully saturated rings. The van der Waals surface area contributed by atoms with Gasteiger partial charge in [0.25, 0.3) is 11.5 Å². The smallest absolute Gasteiger partial charge is 0.275 e. The maximum absolute atomic E-state index is 13.2. The standard InChI is InChI=1S/C19H18N4O2/c1-22-18(24)16-7-3-2-6-15(16)17(21-22)19(25)23(14-8-9-14)12-13-5-4-10-20-11-13/h2-7,10-11,14H,8-9,12H2,1H3. The Morgan fingerprint density at radius 1 is 1.20 bits per heavy atom. The van der Waals surface area contributed by atoms with Crippen LogP contribution in [-0.2, 0) is 13.6 Å². The molecule has 0 saturated heterocycles. The summed E-state index contributed by atoms with van der Waals surface area (Å²) in [4.78, 5) is 31.5. The first-order chi connectivity index (χ1) is 12.1. The van der Waals surface area contributed by atoms with Crippen molar-refractivity contribution in [2.75, 3.05) is 0 Å². The monoisotopic (exact) mass is 334 g/mol. The van der Waals surface area contributed by atoms with E-state index in [1.165, 1.54) is 4.68 Å². The lowest BCUT2D eigenvalue weighted by Gasteiger charge is -2.22. The molecule has 126 valence electrons. The van der Waals surface area contributed by atoms with Crippen LogP contribution in [-0.4, -0.2) is 31.6 Å². The van der Waals surface area contributed by atoms with E-state index < -0.39 is 0 Å². The van der Waals surface area contributed by atoms with E-state index in [1.54, 1.807) is 37.6 Å². The molecular weight excluding hydrogens is 316 g/mol. The second-order valence-corrected chi connectivity index (χ2v) is 6.35. The molecule has 6 nitrogen and oxygen atoms in total. The maximum Gasteiger partial charge on any atom is 0.275 e. The van der Waals surface area contributed by atoms with Crippen molar-refractivity contribution in [2.45, 2.75) is 25.4 Å². The Hall–Kier alpha value is -3.02. The van der Waals surface area contributed by atoms with Crippen molar-refractivity contribution >= 4 is 16.7 Å². The summed E-state index contributed by atoms with van der Waals surface area (Å²) in [6.07, 6.45) is 5.48. The molecule has 1 aliphatic rings. The van der Waals surface area contributed by atoms with E-state index in [4.69, 9.17) is 0 Å². The molecule has 0 aliphatic heterocycles. The van der Waals surface area contributed by atoms with Crippen LogP contribution in [0.1, 0.15) is 28.9 Å². The molecule has 1 aliphatic carbocycles.